The van der Waals surface area contributed by atoms with Crippen LogP contribution in [0.1, 0.15) is 56.9 Å². The van der Waals surface area contributed by atoms with Crippen molar-refractivity contribution >= 4 is 11.8 Å². The Morgan fingerprint density at radius 1 is 1.06 bits per heavy atom. The molecule has 2 amide bonds. The number of rotatable bonds is 10. The second-order valence-corrected chi connectivity index (χ2v) is 8.88. The Balaban J connectivity index is 1.55. The Hall–Kier alpha value is -2.43. The van der Waals surface area contributed by atoms with Crippen LogP contribution in [-0.4, -0.2) is 43.7 Å². The molecule has 0 aromatic heterocycles. The maximum atomic E-state index is 13.1. The van der Waals surface area contributed by atoms with E-state index < -0.39 is 12.1 Å². The smallest absolute Gasteiger partial charge is 0.243 e. The minimum atomic E-state index is -0.764. The number of nitrogens with one attached hydrogen (secondary N) is 2. The van der Waals surface area contributed by atoms with E-state index in [2.05, 4.69) is 16.7 Å². The van der Waals surface area contributed by atoms with Gasteiger partial charge in [-0.15, -0.1) is 0 Å². The van der Waals surface area contributed by atoms with Crippen molar-refractivity contribution in [3.05, 3.63) is 35.9 Å². The molecule has 0 spiro atoms. The third-order valence-electron chi connectivity index (χ3n) is 6.39. The summed E-state index contributed by atoms with van der Waals surface area (Å²) in [5.74, 6) is -0.0836. The average molecular weight is 442 g/mol. The summed E-state index contributed by atoms with van der Waals surface area (Å²) < 4.78 is 11.0. The number of carbonyl (C=O) groups excluding carboxylic acids is 2. The Kier molecular flexibility index (Phi) is 9.98. The van der Waals surface area contributed by atoms with Gasteiger partial charge in [-0.05, 0) is 30.7 Å². The van der Waals surface area contributed by atoms with Crippen LogP contribution in [0.25, 0.3) is 0 Å². The van der Waals surface area contributed by atoms with Crippen LogP contribution in [0, 0.1) is 23.2 Å². The molecule has 2 N–H and O–H groups in total. The van der Waals surface area contributed by atoms with Crippen molar-refractivity contribution in [3.8, 4) is 6.07 Å². The van der Waals surface area contributed by atoms with Crippen molar-refractivity contribution in [1.29, 1.82) is 5.26 Å². The summed E-state index contributed by atoms with van der Waals surface area (Å²) in [5.41, 5.74) is 1.01. The number of nitriles is 1. The van der Waals surface area contributed by atoms with Crippen LogP contribution in [0.3, 0.4) is 0 Å². The summed E-state index contributed by atoms with van der Waals surface area (Å²) in [5, 5.41) is 15.3. The van der Waals surface area contributed by atoms with E-state index >= 15 is 0 Å². The highest BCUT2D eigenvalue weighted by Gasteiger charge is 2.30. The largest absolute Gasteiger partial charge is 0.381 e. The second-order valence-electron chi connectivity index (χ2n) is 8.88. The number of ether oxygens (including phenoxy) is 2. The molecule has 1 aromatic rings. The zero-order valence-corrected chi connectivity index (χ0v) is 18.8. The van der Waals surface area contributed by atoms with E-state index in [0.717, 1.165) is 18.4 Å². The third-order valence-corrected chi connectivity index (χ3v) is 6.39. The van der Waals surface area contributed by atoms with E-state index in [1.807, 2.05) is 30.3 Å². The quantitative estimate of drug-likeness (QED) is 0.581. The fourth-order valence-electron chi connectivity index (χ4n) is 4.49. The normalized spacial score (nSPS) is 19.5. The molecule has 1 heterocycles. The van der Waals surface area contributed by atoms with E-state index in [0.29, 0.717) is 45.0 Å². The fourth-order valence-corrected chi connectivity index (χ4v) is 4.49. The number of amides is 2. The molecular formula is C25H35N3O4. The highest BCUT2D eigenvalue weighted by Crippen LogP contribution is 2.27. The predicted octanol–water partition coefficient (Wildman–Crippen LogP) is 3.09. The molecule has 0 radical (unpaired) electrons. The van der Waals surface area contributed by atoms with Crippen LogP contribution in [0.15, 0.2) is 30.3 Å². The van der Waals surface area contributed by atoms with Crippen LogP contribution >= 0.6 is 0 Å². The molecule has 32 heavy (non-hydrogen) atoms. The number of nitrogens with zero attached hydrogens (tertiary/aromatic N) is 1. The molecule has 1 aromatic carbocycles. The first-order valence-electron chi connectivity index (χ1n) is 11.9. The van der Waals surface area contributed by atoms with Gasteiger partial charge < -0.3 is 20.1 Å². The number of hydrogen-bond donors (Lipinski definition) is 2. The van der Waals surface area contributed by atoms with Crippen LogP contribution in [0.5, 0.6) is 0 Å². The minimum Gasteiger partial charge on any atom is -0.381 e. The summed E-state index contributed by atoms with van der Waals surface area (Å²) in [4.78, 5) is 25.9. The molecule has 0 bridgehead atoms. The summed E-state index contributed by atoms with van der Waals surface area (Å²) >= 11 is 0. The molecule has 2 atom stereocenters. The van der Waals surface area contributed by atoms with Gasteiger partial charge in [0, 0.05) is 19.1 Å². The molecule has 1 aliphatic carbocycles. The fraction of sp³-hybridized carbons (Fsp3) is 0.640. The predicted molar refractivity (Wildman–Crippen MR) is 120 cm³/mol. The highest BCUT2D eigenvalue weighted by atomic mass is 16.5. The van der Waals surface area contributed by atoms with Gasteiger partial charge in [0.2, 0.25) is 11.8 Å². The van der Waals surface area contributed by atoms with Crippen molar-refractivity contribution in [2.24, 2.45) is 11.8 Å². The molecule has 7 nitrogen and oxygen atoms in total. The zero-order valence-electron chi connectivity index (χ0n) is 18.8. The maximum absolute atomic E-state index is 13.1. The monoisotopic (exact) mass is 441 g/mol. The lowest BCUT2D eigenvalue weighted by atomic mass is 9.84. The molecule has 1 saturated heterocycles. The van der Waals surface area contributed by atoms with Gasteiger partial charge in [-0.3, -0.25) is 9.59 Å². The molecule has 0 unspecified atom stereocenters. The van der Waals surface area contributed by atoms with Crippen LogP contribution in [0.4, 0.5) is 0 Å². The van der Waals surface area contributed by atoms with Gasteiger partial charge in [-0.1, -0.05) is 62.4 Å². The topological polar surface area (TPSA) is 100 Å². The molecule has 1 aliphatic heterocycles. The molecule has 2 fully saturated rings. The Morgan fingerprint density at radius 2 is 1.78 bits per heavy atom. The summed E-state index contributed by atoms with van der Waals surface area (Å²) in [6.07, 6.45) is 7.70. The Labute approximate surface area is 190 Å². The molecule has 3 rings (SSSR count). The third kappa shape index (κ3) is 7.92. The number of hydrogen-bond acceptors (Lipinski definition) is 5. The Morgan fingerprint density at radius 3 is 2.47 bits per heavy atom. The molecule has 7 heteroatoms. The summed E-state index contributed by atoms with van der Waals surface area (Å²) in [6.45, 7) is 1.63. The van der Waals surface area contributed by atoms with Gasteiger partial charge in [0.1, 0.15) is 12.1 Å². The SMILES string of the molecule is N#C[C@H](COCc1ccccc1)NC(=O)[C@H](CC1CCCCC1)NC(=O)C1CCOCC1. The van der Waals surface area contributed by atoms with Crippen molar-refractivity contribution in [2.45, 2.75) is 70.1 Å². The standard InChI is InChI=1S/C25H35N3O4/c26-16-22(18-32-17-20-9-5-2-6-10-20)27-25(30)23(15-19-7-3-1-4-8-19)28-24(29)21-11-13-31-14-12-21/h2,5-6,9-10,19,21-23H,1,3-4,7-8,11-15,17-18H2,(H,27,30)(H,28,29)/t22-,23+/m1/s1. The molecule has 1 saturated carbocycles. The van der Waals surface area contributed by atoms with Gasteiger partial charge in [-0.2, -0.15) is 5.26 Å². The maximum Gasteiger partial charge on any atom is 0.243 e. The van der Waals surface area contributed by atoms with Crippen molar-refractivity contribution in [2.75, 3.05) is 19.8 Å². The van der Waals surface area contributed by atoms with E-state index in [4.69, 9.17) is 9.47 Å². The lowest BCUT2D eigenvalue weighted by Crippen LogP contribution is -2.52. The van der Waals surface area contributed by atoms with E-state index in [-0.39, 0.29) is 24.3 Å². The summed E-state index contributed by atoms with van der Waals surface area (Å²) in [6, 6.07) is 10.4. The Bertz CT molecular complexity index is 752. The molecular weight excluding hydrogens is 406 g/mol. The lowest BCUT2D eigenvalue weighted by Gasteiger charge is -2.29. The van der Waals surface area contributed by atoms with Gasteiger partial charge >= 0.3 is 0 Å². The minimum absolute atomic E-state index is 0.0851. The summed E-state index contributed by atoms with van der Waals surface area (Å²) in [7, 11) is 0. The van der Waals surface area contributed by atoms with Crippen molar-refractivity contribution < 1.29 is 19.1 Å². The average Bonchev–Trinajstić information content (AvgIpc) is 2.84. The lowest BCUT2D eigenvalue weighted by molar-refractivity contribution is -0.133. The van der Waals surface area contributed by atoms with Crippen LogP contribution in [-0.2, 0) is 25.7 Å². The highest BCUT2D eigenvalue weighted by molar-refractivity contribution is 5.88. The van der Waals surface area contributed by atoms with Gasteiger partial charge in [-0.25, -0.2) is 0 Å². The van der Waals surface area contributed by atoms with Crippen LogP contribution < -0.4 is 10.6 Å². The number of benzene rings is 1. The van der Waals surface area contributed by atoms with E-state index in [9.17, 15) is 14.9 Å². The van der Waals surface area contributed by atoms with E-state index in [1.165, 1.54) is 19.3 Å². The molecule has 174 valence electrons. The first-order chi connectivity index (χ1) is 15.7. The van der Waals surface area contributed by atoms with Gasteiger partial charge in [0.25, 0.3) is 0 Å². The molecule has 2 aliphatic rings. The van der Waals surface area contributed by atoms with Crippen molar-refractivity contribution in [3.63, 3.8) is 0 Å². The van der Waals surface area contributed by atoms with E-state index in [1.54, 1.807) is 0 Å². The second kappa shape index (κ2) is 13.2. The first kappa shape index (κ1) is 24.2. The van der Waals surface area contributed by atoms with Gasteiger partial charge in [0.15, 0.2) is 0 Å². The zero-order chi connectivity index (χ0) is 22.6. The van der Waals surface area contributed by atoms with Crippen molar-refractivity contribution in [1.82, 2.24) is 10.6 Å². The van der Waals surface area contributed by atoms with Gasteiger partial charge in [0.05, 0.1) is 19.3 Å². The van der Waals surface area contributed by atoms with Crippen LogP contribution in [0.2, 0.25) is 0 Å². The number of carbonyl (C=O) groups is 2. The first-order valence-corrected chi connectivity index (χ1v) is 11.9.